The van der Waals surface area contributed by atoms with Gasteiger partial charge in [0, 0.05) is 17.7 Å². The summed E-state index contributed by atoms with van der Waals surface area (Å²) in [5.41, 5.74) is 1.15. The molecule has 0 saturated carbocycles. The number of rotatable bonds is 3. The van der Waals surface area contributed by atoms with Crippen LogP contribution in [-0.2, 0) is 0 Å². The number of hydrogen-bond donors (Lipinski definition) is 2. The minimum atomic E-state index is -0.491. The van der Waals surface area contributed by atoms with Crippen molar-refractivity contribution in [3.63, 3.8) is 0 Å². The van der Waals surface area contributed by atoms with E-state index in [-0.39, 0.29) is 24.4 Å². The monoisotopic (exact) mass is 288 g/mol. The summed E-state index contributed by atoms with van der Waals surface area (Å²) in [7, 11) is 0. The molecule has 0 saturated heterocycles. The van der Waals surface area contributed by atoms with Gasteiger partial charge in [0.1, 0.15) is 5.82 Å². The molecule has 0 aliphatic heterocycles. The second kappa shape index (κ2) is 6.68. The van der Waals surface area contributed by atoms with Gasteiger partial charge >= 0.3 is 0 Å². The first-order valence-corrected chi connectivity index (χ1v) is 6.23. The summed E-state index contributed by atoms with van der Waals surface area (Å²) in [5.74, 6) is 4.38. The number of carbonyl (C=O) groups excluding carboxylic acids is 1. The van der Waals surface area contributed by atoms with E-state index in [2.05, 4.69) is 22.3 Å². The lowest BCUT2D eigenvalue weighted by Crippen LogP contribution is -2.12. The fourth-order valence-corrected chi connectivity index (χ4v) is 1.61. The lowest BCUT2D eigenvalue weighted by molar-refractivity contribution is 0.0987. The number of carbonyl (C=O) groups is 1. The van der Waals surface area contributed by atoms with Crippen LogP contribution < -0.4 is 5.32 Å². The van der Waals surface area contributed by atoms with Crippen molar-refractivity contribution in [3.8, 4) is 11.8 Å². The molecule has 0 bridgehead atoms. The Morgan fingerprint density at radius 2 is 2.33 bits per heavy atom. The molecule has 0 radical (unpaired) electrons. The third-order valence-electron chi connectivity index (χ3n) is 2.64. The van der Waals surface area contributed by atoms with Gasteiger partial charge in [-0.15, -0.1) is 0 Å². The molecular formula is C15H13FN2O3. The Balaban J connectivity index is 2.18. The molecule has 2 rings (SSSR count). The summed E-state index contributed by atoms with van der Waals surface area (Å²) in [5, 5.41) is 14.8. The highest BCUT2D eigenvalue weighted by molar-refractivity contribution is 6.03. The third kappa shape index (κ3) is 3.68. The molecule has 1 heterocycles. The maximum Gasteiger partial charge on any atom is 0.294 e. The second-order valence-corrected chi connectivity index (χ2v) is 4.26. The predicted molar refractivity (Wildman–Crippen MR) is 74.2 cm³/mol. The summed E-state index contributed by atoms with van der Waals surface area (Å²) in [6.07, 6.45) is 1.69. The largest absolute Gasteiger partial charge is 0.395 e. The number of benzene rings is 1. The van der Waals surface area contributed by atoms with Crippen molar-refractivity contribution in [2.45, 2.75) is 13.3 Å². The number of hydrogen-bond acceptors (Lipinski definition) is 4. The van der Waals surface area contributed by atoms with Crippen LogP contribution in [0.1, 0.15) is 28.1 Å². The SMILES string of the molecule is Cc1cnoc1C(=O)Nc1ccc(F)c(C#CCCO)c1. The topological polar surface area (TPSA) is 75.4 Å². The highest BCUT2D eigenvalue weighted by atomic mass is 19.1. The van der Waals surface area contributed by atoms with Crippen LogP contribution in [0.2, 0.25) is 0 Å². The predicted octanol–water partition coefficient (Wildman–Crippen LogP) is 2.11. The Morgan fingerprint density at radius 3 is 3.00 bits per heavy atom. The van der Waals surface area contributed by atoms with Gasteiger partial charge < -0.3 is 14.9 Å². The molecular weight excluding hydrogens is 275 g/mol. The first-order valence-electron chi connectivity index (χ1n) is 6.23. The molecule has 1 aromatic carbocycles. The zero-order valence-electron chi connectivity index (χ0n) is 11.3. The summed E-state index contributed by atoms with van der Waals surface area (Å²) >= 11 is 0. The van der Waals surface area contributed by atoms with E-state index in [1.165, 1.54) is 24.4 Å². The van der Waals surface area contributed by atoms with Crippen molar-refractivity contribution in [1.82, 2.24) is 5.16 Å². The van der Waals surface area contributed by atoms with Gasteiger partial charge in [0.2, 0.25) is 5.76 Å². The van der Waals surface area contributed by atoms with Crippen LogP contribution in [-0.4, -0.2) is 22.8 Å². The van der Waals surface area contributed by atoms with Crippen molar-refractivity contribution in [2.75, 3.05) is 11.9 Å². The molecule has 0 spiro atoms. The van der Waals surface area contributed by atoms with Gasteiger partial charge in [-0.25, -0.2) is 4.39 Å². The van der Waals surface area contributed by atoms with Crippen LogP contribution in [0.3, 0.4) is 0 Å². The van der Waals surface area contributed by atoms with Crippen LogP contribution in [0.15, 0.2) is 28.9 Å². The Morgan fingerprint density at radius 1 is 1.52 bits per heavy atom. The van der Waals surface area contributed by atoms with E-state index in [9.17, 15) is 9.18 Å². The minimum Gasteiger partial charge on any atom is -0.395 e. The van der Waals surface area contributed by atoms with Crippen molar-refractivity contribution in [2.24, 2.45) is 0 Å². The van der Waals surface area contributed by atoms with E-state index in [1.54, 1.807) is 6.92 Å². The van der Waals surface area contributed by atoms with Crippen molar-refractivity contribution < 1.29 is 18.8 Å². The molecule has 0 unspecified atom stereocenters. The maximum atomic E-state index is 13.6. The van der Waals surface area contributed by atoms with Crippen molar-refractivity contribution in [1.29, 1.82) is 0 Å². The smallest absolute Gasteiger partial charge is 0.294 e. The van der Waals surface area contributed by atoms with Gasteiger partial charge in [-0.05, 0) is 25.1 Å². The van der Waals surface area contributed by atoms with Crippen LogP contribution in [0, 0.1) is 24.6 Å². The second-order valence-electron chi connectivity index (χ2n) is 4.26. The summed E-state index contributed by atoms with van der Waals surface area (Å²) in [6, 6.07) is 4.06. The van der Waals surface area contributed by atoms with E-state index in [0.717, 1.165) is 0 Å². The molecule has 2 N–H and O–H groups in total. The van der Waals surface area contributed by atoms with E-state index in [0.29, 0.717) is 11.3 Å². The first-order chi connectivity index (χ1) is 10.1. The Bertz CT molecular complexity index is 713. The number of aryl methyl sites for hydroxylation is 1. The van der Waals surface area contributed by atoms with E-state index >= 15 is 0 Å². The van der Waals surface area contributed by atoms with E-state index in [1.807, 2.05) is 0 Å². The third-order valence-corrected chi connectivity index (χ3v) is 2.64. The number of nitrogens with one attached hydrogen (secondary N) is 1. The highest BCUT2D eigenvalue weighted by Gasteiger charge is 2.14. The van der Waals surface area contributed by atoms with Gasteiger partial charge in [0.25, 0.3) is 5.91 Å². The fraction of sp³-hybridized carbons (Fsp3) is 0.200. The Hall–Kier alpha value is -2.65. The van der Waals surface area contributed by atoms with Gasteiger partial charge in [-0.2, -0.15) is 0 Å². The molecule has 21 heavy (non-hydrogen) atoms. The summed E-state index contributed by atoms with van der Waals surface area (Å²) in [4.78, 5) is 11.9. The van der Waals surface area contributed by atoms with Crippen LogP contribution in [0.5, 0.6) is 0 Å². The lowest BCUT2D eigenvalue weighted by Gasteiger charge is -2.04. The summed E-state index contributed by atoms with van der Waals surface area (Å²) in [6.45, 7) is 1.61. The van der Waals surface area contributed by atoms with Crippen LogP contribution in [0.25, 0.3) is 0 Å². The van der Waals surface area contributed by atoms with Gasteiger partial charge in [-0.1, -0.05) is 17.0 Å². The van der Waals surface area contributed by atoms with E-state index < -0.39 is 11.7 Å². The van der Waals surface area contributed by atoms with Gasteiger partial charge in [0.15, 0.2) is 0 Å². The number of nitrogens with zero attached hydrogens (tertiary/aromatic N) is 1. The molecule has 5 nitrogen and oxygen atoms in total. The van der Waals surface area contributed by atoms with Crippen LogP contribution in [0.4, 0.5) is 10.1 Å². The normalized spacial score (nSPS) is 9.86. The average molecular weight is 288 g/mol. The fourth-order valence-electron chi connectivity index (χ4n) is 1.61. The maximum absolute atomic E-state index is 13.6. The van der Waals surface area contributed by atoms with Crippen molar-refractivity contribution in [3.05, 3.63) is 47.1 Å². The van der Waals surface area contributed by atoms with Crippen molar-refractivity contribution >= 4 is 11.6 Å². The molecule has 0 aliphatic carbocycles. The standard InChI is InChI=1S/C15H13FN2O3/c1-10-9-17-21-14(10)15(20)18-12-5-6-13(16)11(8-12)4-2-3-7-19/h5-6,8-9,19H,3,7H2,1H3,(H,18,20). The zero-order valence-corrected chi connectivity index (χ0v) is 11.3. The number of anilines is 1. The highest BCUT2D eigenvalue weighted by Crippen LogP contribution is 2.16. The number of halogens is 1. The zero-order chi connectivity index (χ0) is 15.2. The van der Waals surface area contributed by atoms with Gasteiger partial charge in [-0.3, -0.25) is 4.79 Å². The number of aliphatic hydroxyl groups excluding tert-OH is 1. The lowest BCUT2D eigenvalue weighted by atomic mass is 10.1. The molecule has 6 heteroatoms. The minimum absolute atomic E-state index is 0.0875. The molecule has 0 aliphatic rings. The Kier molecular flexibility index (Phi) is 4.69. The molecule has 0 atom stereocenters. The quantitative estimate of drug-likeness (QED) is 0.848. The molecule has 1 aromatic heterocycles. The number of aromatic nitrogens is 1. The van der Waals surface area contributed by atoms with E-state index in [4.69, 9.17) is 9.63 Å². The number of amides is 1. The molecule has 1 amide bonds. The first kappa shape index (κ1) is 14.8. The number of aliphatic hydroxyl groups is 1. The Labute approximate surface area is 120 Å². The molecule has 2 aromatic rings. The van der Waals surface area contributed by atoms with Crippen LogP contribution >= 0.6 is 0 Å². The molecule has 108 valence electrons. The molecule has 0 fully saturated rings. The van der Waals surface area contributed by atoms with Gasteiger partial charge in [0.05, 0.1) is 18.4 Å². The summed E-state index contributed by atoms with van der Waals surface area (Å²) < 4.78 is 18.4. The average Bonchev–Trinajstić information content (AvgIpc) is 2.89.